The Morgan fingerprint density at radius 3 is 2.82 bits per heavy atom. The quantitative estimate of drug-likeness (QED) is 0.637. The molecule has 0 radical (unpaired) electrons. The van der Waals surface area contributed by atoms with Gasteiger partial charge in [0.1, 0.15) is 23.2 Å². The lowest BCUT2D eigenvalue weighted by atomic mass is 10.2. The van der Waals surface area contributed by atoms with Crippen LogP contribution in [0.15, 0.2) is 41.9 Å². The summed E-state index contributed by atoms with van der Waals surface area (Å²) < 4.78 is 7.71. The number of benzene rings is 1. The molecule has 0 saturated heterocycles. The summed E-state index contributed by atoms with van der Waals surface area (Å²) in [5.74, 6) is 1.52. The summed E-state index contributed by atoms with van der Waals surface area (Å²) in [5.41, 5.74) is 1.96. The van der Waals surface area contributed by atoms with Crippen LogP contribution in [0, 0.1) is 6.92 Å². The van der Waals surface area contributed by atoms with Gasteiger partial charge in [-0.25, -0.2) is 9.67 Å². The molecule has 0 atom stereocenters. The van der Waals surface area contributed by atoms with Crippen molar-refractivity contribution < 1.29 is 9.53 Å². The van der Waals surface area contributed by atoms with Gasteiger partial charge in [0, 0.05) is 11.4 Å². The molecule has 3 aromatic rings. The minimum absolute atomic E-state index is 0.0731. The maximum absolute atomic E-state index is 12.4. The highest BCUT2D eigenvalue weighted by molar-refractivity contribution is 7.09. The summed E-state index contributed by atoms with van der Waals surface area (Å²) in [6.07, 6.45) is 6.70. The topological polar surface area (TPSA) is 69.0 Å². The van der Waals surface area contributed by atoms with Crippen molar-refractivity contribution in [1.29, 1.82) is 0 Å². The Balaban J connectivity index is 1.30. The van der Waals surface area contributed by atoms with E-state index in [2.05, 4.69) is 15.4 Å². The first-order valence-corrected chi connectivity index (χ1v) is 10.5. The van der Waals surface area contributed by atoms with Crippen molar-refractivity contribution in [2.75, 3.05) is 5.32 Å². The first-order chi connectivity index (χ1) is 13.7. The van der Waals surface area contributed by atoms with Crippen LogP contribution in [0.5, 0.6) is 5.75 Å². The Labute approximate surface area is 168 Å². The minimum Gasteiger partial charge on any atom is -0.486 e. The summed E-state index contributed by atoms with van der Waals surface area (Å²) in [4.78, 5) is 17.0. The normalized spacial score (nSPS) is 14.3. The van der Waals surface area contributed by atoms with Crippen LogP contribution in [-0.2, 0) is 17.8 Å². The number of rotatable bonds is 7. The fraction of sp³-hybridized carbons (Fsp3) is 0.381. The number of aryl methyl sites for hydroxylation is 1. The first kappa shape index (κ1) is 18.7. The van der Waals surface area contributed by atoms with Crippen molar-refractivity contribution in [1.82, 2.24) is 14.8 Å². The molecule has 7 heteroatoms. The lowest BCUT2D eigenvalue weighted by molar-refractivity contribution is -0.115. The first-order valence-electron chi connectivity index (χ1n) is 9.63. The number of anilines is 1. The molecule has 1 aliphatic carbocycles. The van der Waals surface area contributed by atoms with Gasteiger partial charge in [-0.05, 0) is 31.9 Å². The number of thiazole rings is 1. The second-order valence-corrected chi connectivity index (χ2v) is 8.10. The SMILES string of the molecule is Cc1ccc(OCc2nc(CC(=O)Nc3ccnn3C3CCCC3)cs2)cc1. The van der Waals surface area contributed by atoms with Crippen LogP contribution >= 0.6 is 11.3 Å². The molecule has 1 amide bonds. The number of hydrogen-bond donors (Lipinski definition) is 1. The largest absolute Gasteiger partial charge is 0.486 e. The molecule has 146 valence electrons. The molecule has 2 aromatic heterocycles. The zero-order chi connectivity index (χ0) is 19.3. The highest BCUT2D eigenvalue weighted by atomic mass is 32.1. The Morgan fingerprint density at radius 2 is 2.04 bits per heavy atom. The van der Waals surface area contributed by atoms with E-state index < -0.39 is 0 Å². The van der Waals surface area contributed by atoms with E-state index in [1.54, 1.807) is 6.20 Å². The number of carbonyl (C=O) groups is 1. The minimum atomic E-state index is -0.0731. The second-order valence-electron chi connectivity index (χ2n) is 7.16. The third-order valence-electron chi connectivity index (χ3n) is 4.93. The van der Waals surface area contributed by atoms with Crippen LogP contribution in [0.3, 0.4) is 0 Å². The summed E-state index contributed by atoms with van der Waals surface area (Å²) in [6.45, 7) is 2.45. The lowest BCUT2D eigenvalue weighted by Gasteiger charge is -2.14. The molecule has 0 unspecified atom stereocenters. The number of ether oxygens (including phenoxy) is 1. The van der Waals surface area contributed by atoms with Gasteiger partial charge in [-0.3, -0.25) is 4.79 Å². The average molecular weight is 397 g/mol. The molecule has 0 spiro atoms. The van der Waals surface area contributed by atoms with Crippen LogP contribution in [0.4, 0.5) is 5.82 Å². The van der Waals surface area contributed by atoms with Gasteiger partial charge in [0.2, 0.25) is 5.91 Å². The van der Waals surface area contributed by atoms with Crippen molar-refractivity contribution in [2.45, 2.75) is 51.7 Å². The van der Waals surface area contributed by atoms with Crippen molar-refractivity contribution in [3.05, 3.63) is 58.2 Å². The Bertz CT molecular complexity index is 926. The van der Waals surface area contributed by atoms with E-state index in [9.17, 15) is 4.79 Å². The monoisotopic (exact) mass is 396 g/mol. The molecule has 1 N–H and O–H groups in total. The number of amides is 1. The molecule has 2 heterocycles. The molecular formula is C21H24N4O2S. The molecule has 0 aliphatic heterocycles. The Morgan fingerprint density at radius 1 is 1.25 bits per heavy atom. The molecule has 28 heavy (non-hydrogen) atoms. The van der Waals surface area contributed by atoms with Crippen LogP contribution in [-0.4, -0.2) is 20.7 Å². The molecule has 6 nitrogen and oxygen atoms in total. The van der Waals surface area contributed by atoms with Crippen molar-refractivity contribution in [2.24, 2.45) is 0 Å². The number of aromatic nitrogens is 3. The maximum atomic E-state index is 12.4. The van der Waals surface area contributed by atoms with Crippen molar-refractivity contribution in [3.63, 3.8) is 0 Å². The highest BCUT2D eigenvalue weighted by Crippen LogP contribution is 2.31. The van der Waals surface area contributed by atoms with Gasteiger partial charge >= 0.3 is 0 Å². The summed E-state index contributed by atoms with van der Waals surface area (Å²) in [6, 6.07) is 10.2. The van der Waals surface area contributed by atoms with Gasteiger partial charge < -0.3 is 10.1 Å². The third-order valence-corrected chi connectivity index (χ3v) is 5.80. The number of nitrogens with one attached hydrogen (secondary N) is 1. The second kappa shape index (κ2) is 8.56. The number of nitrogens with zero attached hydrogens (tertiary/aromatic N) is 3. The molecule has 1 fully saturated rings. The molecule has 0 bridgehead atoms. The number of hydrogen-bond acceptors (Lipinski definition) is 5. The van der Waals surface area contributed by atoms with Crippen molar-refractivity contribution in [3.8, 4) is 5.75 Å². The molecule has 1 aliphatic rings. The van der Waals surface area contributed by atoms with Crippen LogP contribution in [0.1, 0.15) is 48.0 Å². The fourth-order valence-electron chi connectivity index (χ4n) is 3.48. The maximum Gasteiger partial charge on any atom is 0.231 e. The third kappa shape index (κ3) is 4.59. The average Bonchev–Trinajstić information content (AvgIpc) is 3.43. The molecule has 1 saturated carbocycles. The summed E-state index contributed by atoms with van der Waals surface area (Å²) in [5, 5.41) is 10.2. The highest BCUT2D eigenvalue weighted by Gasteiger charge is 2.20. The zero-order valence-electron chi connectivity index (χ0n) is 15.9. The van der Waals surface area contributed by atoms with Gasteiger partial charge in [-0.2, -0.15) is 5.10 Å². The zero-order valence-corrected chi connectivity index (χ0v) is 16.7. The van der Waals surface area contributed by atoms with E-state index in [0.717, 1.165) is 35.1 Å². The van der Waals surface area contributed by atoms with Gasteiger partial charge in [-0.15, -0.1) is 11.3 Å². The van der Waals surface area contributed by atoms with E-state index in [0.29, 0.717) is 12.6 Å². The van der Waals surface area contributed by atoms with Gasteiger partial charge in [-0.1, -0.05) is 30.5 Å². The van der Waals surface area contributed by atoms with E-state index in [4.69, 9.17) is 4.74 Å². The fourth-order valence-corrected chi connectivity index (χ4v) is 4.19. The van der Waals surface area contributed by atoms with Gasteiger partial charge in [0.05, 0.1) is 24.4 Å². The molecule has 1 aromatic carbocycles. The van der Waals surface area contributed by atoms with Crippen LogP contribution < -0.4 is 10.1 Å². The standard InChI is InChI=1S/C21H24N4O2S/c1-15-6-8-18(9-7-15)27-13-21-23-16(14-28-21)12-20(26)24-19-10-11-22-25(19)17-4-2-3-5-17/h6-11,14,17H,2-5,12-13H2,1H3,(H,24,26). The Kier molecular flexibility index (Phi) is 5.71. The van der Waals surface area contributed by atoms with Gasteiger partial charge in [0.25, 0.3) is 0 Å². The van der Waals surface area contributed by atoms with E-state index in [1.165, 1.54) is 29.7 Å². The summed E-state index contributed by atoms with van der Waals surface area (Å²) >= 11 is 1.51. The van der Waals surface area contributed by atoms with Crippen molar-refractivity contribution >= 4 is 23.1 Å². The molecule has 4 rings (SSSR count). The van der Waals surface area contributed by atoms with Crippen LogP contribution in [0.2, 0.25) is 0 Å². The predicted molar refractivity (Wildman–Crippen MR) is 110 cm³/mol. The smallest absolute Gasteiger partial charge is 0.231 e. The summed E-state index contributed by atoms with van der Waals surface area (Å²) in [7, 11) is 0. The predicted octanol–water partition coefficient (Wildman–Crippen LogP) is 4.52. The lowest BCUT2D eigenvalue weighted by Crippen LogP contribution is -2.19. The van der Waals surface area contributed by atoms with Crippen LogP contribution in [0.25, 0.3) is 0 Å². The Hall–Kier alpha value is -2.67. The van der Waals surface area contributed by atoms with Gasteiger partial charge in [0.15, 0.2) is 0 Å². The molecular weight excluding hydrogens is 372 g/mol. The van der Waals surface area contributed by atoms with E-state index >= 15 is 0 Å². The number of carbonyl (C=O) groups excluding carboxylic acids is 1. The van der Waals surface area contributed by atoms with E-state index in [1.807, 2.05) is 47.3 Å². The van der Waals surface area contributed by atoms with E-state index in [-0.39, 0.29) is 12.3 Å².